The number of unbranched alkanes of at least 4 members (excludes halogenated alkanes) is 3. The molecule has 0 atom stereocenters. The zero-order chi connectivity index (χ0) is 26.3. The summed E-state index contributed by atoms with van der Waals surface area (Å²) in [7, 11) is 0. The number of phenols is 1. The van der Waals surface area contributed by atoms with Gasteiger partial charge in [0.05, 0.1) is 6.61 Å². The fourth-order valence-corrected chi connectivity index (χ4v) is 3.98. The Kier molecular flexibility index (Phi) is 7.59. The number of aromatic hydroxyl groups is 1. The van der Waals surface area contributed by atoms with Crippen LogP contribution in [0, 0.1) is 0 Å². The van der Waals surface area contributed by atoms with E-state index in [0.717, 1.165) is 34.4 Å². The lowest BCUT2D eigenvalue weighted by Crippen LogP contribution is -1.96. The minimum Gasteiger partial charge on any atom is -0.508 e. The van der Waals surface area contributed by atoms with Gasteiger partial charge >= 0.3 is 0 Å². The molecule has 0 aliphatic heterocycles. The van der Waals surface area contributed by atoms with E-state index in [4.69, 9.17) is 13.6 Å². The molecule has 0 bridgehead atoms. The molecule has 0 unspecified atom stereocenters. The normalized spacial score (nSPS) is 11.0. The van der Waals surface area contributed by atoms with Gasteiger partial charge in [-0.05, 0) is 78.7 Å². The van der Waals surface area contributed by atoms with Crippen LogP contribution in [0.2, 0.25) is 0 Å². The van der Waals surface area contributed by atoms with Crippen LogP contribution in [-0.2, 0) is 0 Å². The van der Waals surface area contributed by atoms with Gasteiger partial charge in [-0.1, -0.05) is 38.8 Å². The highest BCUT2D eigenvalue weighted by Crippen LogP contribution is 2.32. The maximum Gasteiger partial charge on any atom is 0.248 e. The van der Waals surface area contributed by atoms with E-state index >= 15 is 0 Å². The summed E-state index contributed by atoms with van der Waals surface area (Å²) in [5, 5.41) is 26.3. The molecule has 0 saturated carbocycles. The van der Waals surface area contributed by atoms with Gasteiger partial charge in [-0.25, -0.2) is 0 Å². The maximum absolute atomic E-state index is 9.50. The van der Waals surface area contributed by atoms with Crippen molar-refractivity contribution in [3.63, 3.8) is 0 Å². The van der Waals surface area contributed by atoms with Crippen LogP contribution in [0.5, 0.6) is 11.5 Å². The van der Waals surface area contributed by atoms with Gasteiger partial charge in [-0.15, -0.1) is 20.4 Å². The summed E-state index contributed by atoms with van der Waals surface area (Å²) >= 11 is 0. The van der Waals surface area contributed by atoms with Crippen molar-refractivity contribution in [2.45, 2.75) is 32.6 Å². The van der Waals surface area contributed by atoms with Gasteiger partial charge in [0.15, 0.2) is 0 Å². The van der Waals surface area contributed by atoms with Crippen LogP contribution in [0.25, 0.3) is 51.9 Å². The van der Waals surface area contributed by atoms with Crippen LogP contribution in [-0.4, -0.2) is 32.1 Å². The molecule has 0 saturated heterocycles. The molecule has 0 radical (unpaired) electrons. The molecule has 0 spiro atoms. The number of ether oxygens (including phenoxy) is 1. The van der Waals surface area contributed by atoms with Crippen molar-refractivity contribution in [1.82, 2.24) is 20.4 Å². The zero-order valence-corrected chi connectivity index (χ0v) is 21.1. The Bertz CT molecular complexity index is 1500. The number of aromatic nitrogens is 4. The molecule has 0 aliphatic carbocycles. The van der Waals surface area contributed by atoms with E-state index in [2.05, 4.69) is 33.9 Å². The second-order valence-corrected chi connectivity index (χ2v) is 8.81. The first-order valence-corrected chi connectivity index (χ1v) is 12.6. The summed E-state index contributed by atoms with van der Waals surface area (Å²) in [4.78, 5) is 0. The average Bonchev–Trinajstić information content (AvgIpc) is 3.64. The highest BCUT2D eigenvalue weighted by molar-refractivity contribution is 5.75. The van der Waals surface area contributed by atoms with Gasteiger partial charge in [0.25, 0.3) is 0 Å². The minimum atomic E-state index is 0.168. The van der Waals surface area contributed by atoms with E-state index in [0.29, 0.717) is 35.7 Å². The first kappa shape index (κ1) is 25.0. The van der Waals surface area contributed by atoms with Gasteiger partial charge in [-0.3, -0.25) is 0 Å². The fraction of sp³-hybridized carbons (Fsp3) is 0.200. The molecule has 5 aromatic rings. The van der Waals surface area contributed by atoms with Crippen LogP contribution >= 0.6 is 0 Å². The molecule has 1 N–H and O–H groups in total. The van der Waals surface area contributed by atoms with Crippen LogP contribution in [0.15, 0.2) is 82.1 Å². The predicted octanol–water partition coefficient (Wildman–Crippen LogP) is 7.43. The Labute approximate surface area is 220 Å². The fourth-order valence-electron chi connectivity index (χ4n) is 3.98. The molecule has 0 amide bonds. The predicted molar refractivity (Wildman–Crippen MR) is 145 cm³/mol. The van der Waals surface area contributed by atoms with Crippen LogP contribution in [0.4, 0.5) is 0 Å². The quantitative estimate of drug-likeness (QED) is 0.184. The SMILES string of the molecule is C=Cc1cc(-c2nnc(-c3ccc(OCCCCCC)cc3)o2)ccc1-c1nnc(-c2ccc(O)cc2)o1. The third-order valence-electron chi connectivity index (χ3n) is 6.08. The number of phenolic OH excluding ortho intramolecular Hbond substituents is 1. The summed E-state index contributed by atoms with van der Waals surface area (Å²) < 4.78 is 17.7. The molecule has 192 valence electrons. The van der Waals surface area contributed by atoms with E-state index in [1.807, 2.05) is 42.5 Å². The first-order valence-electron chi connectivity index (χ1n) is 12.6. The van der Waals surface area contributed by atoms with Gasteiger partial charge in [0.1, 0.15) is 11.5 Å². The average molecular weight is 509 g/mol. The highest BCUT2D eigenvalue weighted by atomic mass is 16.5. The van der Waals surface area contributed by atoms with Crippen molar-refractivity contribution in [1.29, 1.82) is 0 Å². The van der Waals surface area contributed by atoms with Crippen molar-refractivity contribution in [3.05, 3.63) is 78.9 Å². The molecular formula is C30H28N4O4. The largest absolute Gasteiger partial charge is 0.508 e. The number of hydrogen-bond donors (Lipinski definition) is 1. The Morgan fingerprint density at radius 1 is 0.737 bits per heavy atom. The van der Waals surface area contributed by atoms with Crippen molar-refractivity contribution < 1.29 is 18.7 Å². The summed E-state index contributed by atoms with van der Waals surface area (Å²) in [5.41, 5.74) is 3.78. The van der Waals surface area contributed by atoms with Crippen molar-refractivity contribution >= 4 is 6.08 Å². The van der Waals surface area contributed by atoms with Crippen molar-refractivity contribution in [3.8, 4) is 57.3 Å². The van der Waals surface area contributed by atoms with Crippen LogP contribution < -0.4 is 4.74 Å². The second-order valence-electron chi connectivity index (χ2n) is 8.81. The molecule has 3 aromatic carbocycles. The lowest BCUT2D eigenvalue weighted by Gasteiger charge is -2.06. The number of benzene rings is 3. The molecule has 0 fully saturated rings. The Morgan fingerprint density at radius 2 is 1.32 bits per heavy atom. The van der Waals surface area contributed by atoms with E-state index in [1.54, 1.807) is 30.3 Å². The maximum atomic E-state index is 9.50. The minimum absolute atomic E-state index is 0.168. The summed E-state index contributed by atoms with van der Waals surface area (Å²) in [5.74, 6) is 2.52. The molecule has 2 heterocycles. The van der Waals surface area contributed by atoms with Crippen molar-refractivity contribution in [2.24, 2.45) is 0 Å². The van der Waals surface area contributed by atoms with Crippen LogP contribution in [0.1, 0.15) is 38.2 Å². The number of nitrogens with zero attached hydrogens (tertiary/aromatic N) is 4. The third-order valence-corrected chi connectivity index (χ3v) is 6.08. The Morgan fingerprint density at radius 3 is 1.97 bits per heavy atom. The summed E-state index contributed by atoms with van der Waals surface area (Å²) in [6, 6.07) is 19.8. The van der Waals surface area contributed by atoms with Gasteiger partial charge in [0.2, 0.25) is 23.6 Å². The van der Waals surface area contributed by atoms with Gasteiger partial charge in [-0.2, -0.15) is 0 Å². The molecule has 2 aromatic heterocycles. The first-order chi connectivity index (χ1) is 18.6. The highest BCUT2D eigenvalue weighted by Gasteiger charge is 2.16. The lowest BCUT2D eigenvalue weighted by molar-refractivity contribution is 0.305. The Balaban J connectivity index is 1.30. The zero-order valence-electron chi connectivity index (χ0n) is 21.1. The molecule has 8 heteroatoms. The smallest absolute Gasteiger partial charge is 0.248 e. The third kappa shape index (κ3) is 5.64. The number of rotatable bonds is 11. The van der Waals surface area contributed by atoms with Crippen LogP contribution in [0.3, 0.4) is 0 Å². The lowest BCUT2D eigenvalue weighted by atomic mass is 10.0. The Hall–Kier alpha value is -4.72. The van der Waals surface area contributed by atoms with E-state index < -0.39 is 0 Å². The van der Waals surface area contributed by atoms with E-state index in [-0.39, 0.29) is 5.75 Å². The molecular weight excluding hydrogens is 480 g/mol. The molecule has 5 rings (SSSR count). The summed E-state index contributed by atoms with van der Waals surface area (Å²) in [6.07, 6.45) is 6.39. The molecule has 38 heavy (non-hydrogen) atoms. The molecule has 8 nitrogen and oxygen atoms in total. The monoisotopic (exact) mass is 508 g/mol. The standard InChI is InChI=1S/C30H28N4O4/c1-3-5-6-7-18-36-25-15-10-22(11-16-25)27-31-33-29(37-27)23-12-17-26(20(4-2)19-23)30-34-32-28(38-30)21-8-13-24(35)14-9-21/h4,8-17,19,35H,2-3,5-7,18H2,1H3. The number of hydrogen-bond acceptors (Lipinski definition) is 8. The van der Waals surface area contributed by atoms with E-state index in [9.17, 15) is 5.11 Å². The topological polar surface area (TPSA) is 107 Å². The molecule has 0 aliphatic rings. The summed E-state index contributed by atoms with van der Waals surface area (Å²) in [6.45, 7) is 6.84. The van der Waals surface area contributed by atoms with Crippen molar-refractivity contribution in [2.75, 3.05) is 6.61 Å². The van der Waals surface area contributed by atoms with E-state index in [1.165, 1.54) is 19.3 Å². The van der Waals surface area contributed by atoms with Gasteiger partial charge < -0.3 is 18.7 Å². The second kappa shape index (κ2) is 11.6. The van der Waals surface area contributed by atoms with Gasteiger partial charge in [0, 0.05) is 22.3 Å².